The summed E-state index contributed by atoms with van der Waals surface area (Å²) in [6.45, 7) is 2.02. The van der Waals surface area contributed by atoms with Crippen LogP contribution < -0.4 is 16.0 Å². The maximum absolute atomic E-state index is 12.8. The Morgan fingerprint density at radius 3 is 2.92 bits per heavy atom. The van der Waals surface area contributed by atoms with E-state index in [1.807, 2.05) is 0 Å². The number of benzene rings is 1. The molecule has 0 spiro atoms. The molecule has 0 atom stereocenters. The Bertz CT molecular complexity index is 779. The van der Waals surface area contributed by atoms with Crippen molar-refractivity contribution in [2.75, 3.05) is 18.4 Å². The van der Waals surface area contributed by atoms with Crippen LogP contribution in [0.1, 0.15) is 21.6 Å². The number of thiophene rings is 1. The number of urea groups is 1. The minimum atomic E-state index is -0.333. The van der Waals surface area contributed by atoms with Gasteiger partial charge >= 0.3 is 6.03 Å². The summed E-state index contributed by atoms with van der Waals surface area (Å²) in [6.07, 6.45) is 1.42. The molecule has 1 aliphatic rings. The lowest BCUT2D eigenvalue weighted by molar-refractivity contribution is 0.252. The number of fused-ring (bicyclic) bond motifs is 1. The van der Waals surface area contributed by atoms with E-state index >= 15 is 0 Å². The Morgan fingerprint density at radius 1 is 1.38 bits per heavy atom. The van der Waals surface area contributed by atoms with Crippen molar-refractivity contribution >= 4 is 22.4 Å². The molecule has 3 N–H and O–H groups in total. The van der Waals surface area contributed by atoms with Gasteiger partial charge in [-0.05, 0) is 42.6 Å². The SMILES string of the molecule is N#Cc1c(NC(=O)NCCc2ccc(F)cc2)sc2c1CCNC2. The second-order valence-electron chi connectivity index (χ2n) is 5.50. The van der Waals surface area contributed by atoms with Crippen LogP contribution in [0.2, 0.25) is 0 Å². The largest absolute Gasteiger partial charge is 0.338 e. The van der Waals surface area contributed by atoms with E-state index in [1.54, 1.807) is 12.1 Å². The van der Waals surface area contributed by atoms with Crippen LogP contribution in [0.3, 0.4) is 0 Å². The van der Waals surface area contributed by atoms with Crippen molar-refractivity contribution in [3.05, 3.63) is 51.7 Å². The minimum absolute atomic E-state index is 0.273. The summed E-state index contributed by atoms with van der Waals surface area (Å²) in [6, 6.07) is 8.07. The Labute approximate surface area is 143 Å². The van der Waals surface area contributed by atoms with Gasteiger partial charge in [0.1, 0.15) is 16.9 Å². The van der Waals surface area contributed by atoms with Crippen molar-refractivity contribution in [2.45, 2.75) is 19.4 Å². The Kier molecular flexibility index (Phi) is 5.08. The first kappa shape index (κ1) is 16.4. The molecule has 1 aromatic heterocycles. The number of hydrogen-bond acceptors (Lipinski definition) is 4. The molecular weight excluding hydrogens is 327 g/mol. The molecule has 1 aliphatic heterocycles. The number of nitriles is 1. The average molecular weight is 344 g/mol. The summed E-state index contributed by atoms with van der Waals surface area (Å²) in [7, 11) is 0. The van der Waals surface area contributed by atoms with Crippen LogP contribution in [0.25, 0.3) is 0 Å². The van der Waals surface area contributed by atoms with Crippen LogP contribution in [-0.2, 0) is 19.4 Å². The van der Waals surface area contributed by atoms with E-state index in [-0.39, 0.29) is 11.8 Å². The van der Waals surface area contributed by atoms with E-state index < -0.39 is 0 Å². The Morgan fingerprint density at radius 2 is 2.17 bits per heavy atom. The Balaban J connectivity index is 1.56. The van der Waals surface area contributed by atoms with Crippen LogP contribution in [0.15, 0.2) is 24.3 Å². The fraction of sp³-hybridized carbons (Fsp3) is 0.294. The normalized spacial score (nSPS) is 13.0. The first-order valence-electron chi connectivity index (χ1n) is 7.72. The summed E-state index contributed by atoms with van der Waals surface area (Å²) in [5, 5.41) is 18.8. The molecule has 0 saturated heterocycles. The molecule has 3 rings (SSSR count). The minimum Gasteiger partial charge on any atom is -0.338 e. The fourth-order valence-corrected chi connectivity index (χ4v) is 3.82. The molecule has 7 heteroatoms. The summed E-state index contributed by atoms with van der Waals surface area (Å²) in [4.78, 5) is 13.1. The molecule has 0 bridgehead atoms. The van der Waals surface area contributed by atoms with Crippen LogP contribution in [0.4, 0.5) is 14.2 Å². The first-order valence-corrected chi connectivity index (χ1v) is 8.53. The maximum Gasteiger partial charge on any atom is 0.319 e. The highest BCUT2D eigenvalue weighted by molar-refractivity contribution is 7.16. The van der Waals surface area contributed by atoms with Crippen molar-refractivity contribution in [3.8, 4) is 6.07 Å². The van der Waals surface area contributed by atoms with Crippen molar-refractivity contribution in [3.63, 3.8) is 0 Å². The van der Waals surface area contributed by atoms with E-state index in [4.69, 9.17) is 0 Å². The van der Waals surface area contributed by atoms with E-state index in [2.05, 4.69) is 22.0 Å². The van der Waals surface area contributed by atoms with Gasteiger partial charge in [0.05, 0.1) is 5.56 Å². The zero-order chi connectivity index (χ0) is 16.9. The topological polar surface area (TPSA) is 77.0 Å². The standard InChI is InChI=1S/C17H17FN4OS/c18-12-3-1-11(2-4-12)5-8-21-17(23)22-16-14(9-19)13-6-7-20-10-15(13)24-16/h1-4,20H,5-8,10H2,(H2,21,22,23). The highest BCUT2D eigenvalue weighted by atomic mass is 32.1. The summed E-state index contributed by atoms with van der Waals surface area (Å²) < 4.78 is 12.8. The highest BCUT2D eigenvalue weighted by Gasteiger charge is 2.21. The lowest BCUT2D eigenvalue weighted by atomic mass is 10.1. The lowest BCUT2D eigenvalue weighted by Crippen LogP contribution is -2.30. The number of halogens is 1. The van der Waals surface area contributed by atoms with E-state index in [0.717, 1.165) is 35.5 Å². The van der Waals surface area contributed by atoms with E-state index in [1.165, 1.54) is 23.5 Å². The molecule has 5 nitrogen and oxygen atoms in total. The van der Waals surface area contributed by atoms with Gasteiger partial charge in [0.15, 0.2) is 0 Å². The maximum atomic E-state index is 12.8. The Hall–Kier alpha value is -2.43. The molecule has 24 heavy (non-hydrogen) atoms. The monoisotopic (exact) mass is 344 g/mol. The summed E-state index contributed by atoms with van der Waals surface area (Å²) in [5.74, 6) is -0.273. The second kappa shape index (κ2) is 7.43. The quantitative estimate of drug-likeness (QED) is 0.798. The van der Waals surface area contributed by atoms with Gasteiger partial charge in [0.25, 0.3) is 0 Å². The molecule has 2 heterocycles. The van der Waals surface area contributed by atoms with Gasteiger partial charge < -0.3 is 10.6 Å². The van der Waals surface area contributed by atoms with Gasteiger partial charge in [-0.15, -0.1) is 11.3 Å². The van der Waals surface area contributed by atoms with Crippen LogP contribution in [-0.4, -0.2) is 19.1 Å². The molecule has 1 aromatic carbocycles. The third-order valence-corrected chi connectivity index (χ3v) is 5.03. The molecule has 0 fully saturated rings. The number of nitrogens with one attached hydrogen (secondary N) is 3. The number of nitrogens with zero attached hydrogens (tertiary/aromatic N) is 1. The van der Waals surface area contributed by atoms with Crippen molar-refractivity contribution in [2.24, 2.45) is 0 Å². The lowest BCUT2D eigenvalue weighted by Gasteiger charge is -2.11. The number of amides is 2. The van der Waals surface area contributed by atoms with Crippen molar-refractivity contribution < 1.29 is 9.18 Å². The van der Waals surface area contributed by atoms with E-state index in [9.17, 15) is 14.4 Å². The van der Waals surface area contributed by atoms with Crippen molar-refractivity contribution in [1.82, 2.24) is 10.6 Å². The van der Waals surface area contributed by atoms with Crippen molar-refractivity contribution in [1.29, 1.82) is 5.26 Å². The fourth-order valence-electron chi connectivity index (χ4n) is 2.66. The van der Waals surface area contributed by atoms with Crippen LogP contribution >= 0.6 is 11.3 Å². The third kappa shape index (κ3) is 3.72. The molecule has 124 valence electrons. The second-order valence-corrected chi connectivity index (χ2v) is 6.61. The summed E-state index contributed by atoms with van der Waals surface area (Å²) in [5.41, 5.74) is 2.57. The number of carbonyl (C=O) groups excluding carboxylic acids is 1. The van der Waals surface area contributed by atoms with Gasteiger partial charge in [-0.25, -0.2) is 9.18 Å². The molecule has 0 aliphatic carbocycles. The molecular formula is C17H17FN4OS. The molecule has 0 radical (unpaired) electrons. The van der Waals surface area contributed by atoms with Gasteiger partial charge in [-0.1, -0.05) is 12.1 Å². The molecule has 2 amide bonds. The predicted molar refractivity (Wildman–Crippen MR) is 91.6 cm³/mol. The number of rotatable bonds is 4. The van der Waals surface area contributed by atoms with Gasteiger partial charge in [-0.3, -0.25) is 5.32 Å². The highest BCUT2D eigenvalue weighted by Crippen LogP contribution is 2.34. The molecule has 2 aromatic rings. The van der Waals surface area contributed by atoms with Crippen LogP contribution in [0, 0.1) is 17.1 Å². The smallest absolute Gasteiger partial charge is 0.319 e. The zero-order valence-electron chi connectivity index (χ0n) is 13.0. The summed E-state index contributed by atoms with van der Waals surface area (Å²) >= 11 is 1.45. The average Bonchev–Trinajstić information content (AvgIpc) is 2.93. The van der Waals surface area contributed by atoms with Crippen LogP contribution in [0.5, 0.6) is 0 Å². The number of carbonyl (C=O) groups is 1. The first-order chi connectivity index (χ1) is 11.7. The molecule has 0 unspecified atom stereocenters. The predicted octanol–water partition coefficient (Wildman–Crippen LogP) is 2.77. The van der Waals surface area contributed by atoms with Gasteiger partial charge in [0, 0.05) is 18.0 Å². The van der Waals surface area contributed by atoms with Gasteiger partial charge in [-0.2, -0.15) is 5.26 Å². The molecule has 0 saturated carbocycles. The number of anilines is 1. The third-order valence-electron chi connectivity index (χ3n) is 3.88. The van der Waals surface area contributed by atoms with E-state index in [0.29, 0.717) is 23.5 Å². The van der Waals surface area contributed by atoms with Gasteiger partial charge in [0.2, 0.25) is 0 Å². The number of hydrogen-bond donors (Lipinski definition) is 3. The zero-order valence-corrected chi connectivity index (χ0v) is 13.8.